The number of nitrogens with zero attached hydrogens (tertiary/aromatic N) is 4. The summed E-state index contributed by atoms with van der Waals surface area (Å²) in [5.41, 5.74) is 6.57. The number of anilines is 2. The number of ether oxygens (including phenoxy) is 1. The predicted molar refractivity (Wildman–Crippen MR) is 97.3 cm³/mol. The molecule has 1 saturated carbocycles. The van der Waals surface area contributed by atoms with E-state index in [1.165, 1.54) is 0 Å². The molecule has 0 radical (unpaired) electrons. The van der Waals surface area contributed by atoms with Crippen molar-refractivity contribution in [3.8, 4) is 0 Å². The van der Waals surface area contributed by atoms with Crippen molar-refractivity contribution < 1.29 is 14.5 Å². The lowest BCUT2D eigenvalue weighted by atomic mass is 10.1. The summed E-state index contributed by atoms with van der Waals surface area (Å²) >= 11 is 0. The number of rotatable bonds is 3. The zero-order chi connectivity index (χ0) is 19.1. The van der Waals surface area contributed by atoms with E-state index in [0.29, 0.717) is 37.8 Å². The van der Waals surface area contributed by atoms with Gasteiger partial charge in [0.2, 0.25) is 5.82 Å². The van der Waals surface area contributed by atoms with E-state index in [4.69, 9.17) is 10.5 Å². The lowest BCUT2D eigenvalue weighted by Crippen LogP contribution is -2.50. The second-order valence-corrected chi connectivity index (χ2v) is 7.78. The van der Waals surface area contributed by atoms with Crippen molar-refractivity contribution in [1.29, 1.82) is 0 Å². The van der Waals surface area contributed by atoms with Gasteiger partial charge < -0.3 is 20.3 Å². The highest BCUT2D eigenvalue weighted by Crippen LogP contribution is 2.48. The summed E-state index contributed by atoms with van der Waals surface area (Å²) in [6.07, 6.45) is 3.32. The number of hydrogen-bond donors (Lipinski definition) is 1. The molecule has 9 nitrogen and oxygen atoms in total. The molecular formula is C17H25N5O4. The van der Waals surface area contributed by atoms with Gasteiger partial charge in [0.25, 0.3) is 0 Å². The first-order valence-electron chi connectivity index (χ1n) is 8.83. The Labute approximate surface area is 152 Å². The van der Waals surface area contributed by atoms with Gasteiger partial charge in [-0.1, -0.05) is 0 Å². The highest BCUT2D eigenvalue weighted by Gasteiger charge is 2.36. The van der Waals surface area contributed by atoms with Crippen LogP contribution in [-0.4, -0.2) is 52.7 Å². The number of carbonyl (C=O) groups is 1. The molecule has 0 bridgehead atoms. The zero-order valence-electron chi connectivity index (χ0n) is 15.4. The van der Waals surface area contributed by atoms with E-state index in [0.717, 1.165) is 18.4 Å². The van der Waals surface area contributed by atoms with E-state index in [9.17, 15) is 14.9 Å². The molecule has 2 heterocycles. The minimum absolute atomic E-state index is 0.0658. The number of hydrogen-bond acceptors (Lipinski definition) is 7. The summed E-state index contributed by atoms with van der Waals surface area (Å²) in [6.45, 7) is 7.34. The van der Waals surface area contributed by atoms with E-state index < -0.39 is 10.5 Å². The third kappa shape index (κ3) is 3.81. The Hall–Kier alpha value is -2.58. The summed E-state index contributed by atoms with van der Waals surface area (Å²) in [7, 11) is 0. The van der Waals surface area contributed by atoms with Crippen LogP contribution in [-0.2, 0) is 4.74 Å². The van der Waals surface area contributed by atoms with Crippen LogP contribution in [0.4, 0.5) is 22.0 Å². The average molecular weight is 363 g/mol. The van der Waals surface area contributed by atoms with E-state index in [1.54, 1.807) is 11.1 Å². The molecule has 1 aliphatic carbocycles. The second kappa shape index (κ2) is 6.62. The molecule has 1 aromatic rings. The van der Waals surface area contributed by atoms with E-state index >= 15 is 0 Å². The lowest BCUT2D eigenvalue weighted by molar-refractivity contribution is -0.383. The molecule has 0 atom stereocenters. The maximum atomic E-state index is 12.2. The molecule has 2 fully saturated rings. The Kier molecular flexibility index (Phi) is 4.64. The number of pyridine rings is 1. The Morgan fingerprint density at radius 2 is 1.92 bits per heavy atom. The van der Waals surface area contributed by atoms with Gasteiger partial charge in [-0.2, -0.15) is 0 Å². The van der Waals surface area contributed by atoms with E-state index in [1.807, 2.05) is 25.7 Å². The summed E-state index contributed by atoms with van der Waals surface area (Å²) in [5, 5.41) is 11.6. The Bertz CT molecular complexity index is 719. The molecule has 142 valence electrons. The summed E-state index contributed by atoms with van der Waals surface area (Å²) in [4.78, 5) is 31.0. The molecule has 0 aromatic carbocycles. The SMILES string of the molecule is CC(C)(C)OC(=O)N1CCN(c2c(C3CC3)cnc(N)c2[N+](=O)[O-])CC1. The molecule has 1 aliphatic heterocycles. The van der Waals surface area contributed by atoms with Crippen LogP contribution < -0.4 is 10.6 Å². The van der Waals surface area contributed by atoms with Crippen molar-refractivity contribution in [2.75, 3.05) is 36.8 Å². The van der Waals surface area contributed by atoms with Crippen LogP contribution in [0.15, 0.2) is 6.20 Å². The molecule has 3 rings (SSSR count). The number of amides is 1. The second-order valence-electron chi connectivity index (χ2n) is 7.78. The highest BCUT2D eigenvalue weighted by atomic mass is 16.6. The molecule has 26 heavy (non-hydrogen) atoms. The summed E-state index contributed by atoms with van der Waals surface area (Å²) in [5.74, 6) is 0.240. The molecule has 9 heteroatoms. The van der Waals surface area contributed by atoms with Gasteiger partial charge in [-0.05, 0) is 39.5 Å². The minimum Gasteiger partial charge on any atom is -0.444 e. The maximum Gasteiger partial charge on any atom is 0.410 e. The number of nitrogen functional groups attached to an aromatic ring is 1. The molecule has 2 aliphatic rings. The van der Waals surface area contributed by atoms with Crippen LogP contribution >= 0.6 is 0 Å². The van der Waals surface area contributed by atoms with Crippen LogP contribution in [0.1, 0.15) is 45.1 Å². The van der Waals surface area contributed by atoms with Gasteiger partial charge in [0.1, 0.15) is 11.3 Å². The maximum absolute atomic E-state index is 12.2. The molecule has 0 unspecified atom stereocenters. The highest BCUT2D eigenvalue weighted by molar-refractivity contribution is 5.77. The van der Waals surface area contributed by atoms with E-state index in [2.05, 4.69) is 4.98 Å². The Morgan fingerprint density at radius 3 is 2.42 bits per heavy atom. The van der Waals surface area contributed by atoms with Gasteiger partial charge in [0.15, 0.2) is 0 Å². The monoisotopic (exact) mass is 363 g/mol. The quantitative estimate of drug-likeness (QED) is 0.648. The topological polar surface area (TPSA) is 115 Å². The first-order valence-corrected chi connectivity index (χ1v) is 8.83. The number of nitrogens with two attached hydrogens (primary N) is 1. The van der Waals surface area contributed by atoms with Gasteiger partial charge in [-0.15, -0.1) is 0 Å². The normalized spacial score (nSPS) is 18.0. The van der Waals surface area contributed by atoms with Crippen LogP contribution in [0, 0.1) is 10.1 Å². The fraction of sp³-hybridized carbons (Fsp3) is 0.647. The first-order chi connectivity index (χ1) is 12.2. The predicted octanol–water partition coefficient (Wildman–Crippen LogP) is 2.51. The Balaban J connectivity index is 1.80. The van der Waals surface area contributed by atoms with Crippen LogP contribution in [0.5, 0.6) is 0 Å². The van der Waals surface area contributed by atoms with E-state index in [-0.39, 0.29) is 17.6 Å². The summed E-state index contributed by atoms with van der Waals surface area (Å²) < 4.78 is 5.40. The summed E-state index contributed by atoms with van der Waals surface area (Å²) in [6, 6.07) is 0. The standard InChI is InChI=1S/C17H25N5O4/c1-17(2,3)26-16(23)21-8-6-20(7-9-21)13-12(11-4-5-11)10-19-15(18)14(13)22(24)25/h10-11H,4-9H2,1-3H3,(H2,18,19). The molecule has 2 N–H and O–H groups in total. The van der Waals surface area contributed by atoms with Crippen LogP contribution in [0.3, 0.4) is 0 Å². The van der Waals surface area contributed by atoms with Crippen molar-refractivity contribution in [3.63, 3.8) is 0 Å². The van der Waals surface area contributed by atoms with Gasteiger partial charge in [0.05, 0.1) is 4.92 Å². The lowest BCUT2D eigenvalue weighted by Gasteiger charge is -2.37. The van der Waals surface area contributed by atoms with Crippen molar-refractivity contribution in [1.82, 2.24) is 9.88 Å². The number of nitro groups is 1. The zero-order valence-corrected chi connectivity index (χ0v) is 15.4. The van der Waals surface area contributed by atoms with Gasteiger partial charge >= 0.3 is 11.8 Å². The first kappa shape index (κ1) is 18.2. The van der Waals surface area contributed by atoms with Crippen molar-refractivity contribution in [2.24, 2.45) is 0 Å². The number of aromatic nitrogens is 1. The largest absolute Gasteiger partial charge is 0.444 e. The van der Waals surface area contributed by atoms with Crippen molar-refractivity contribution in [3.05, 3.63) is 21.9 Å². The van der Waals surface area contributed by atoms with Crippen molar-refractivity contribution >= 4 is 23.3 Å². The average Bonchev–Trinajstić information content (AvgIpc) is 3.37. The molecular weight excluding hydrogens is 338 g/mol. The molecule has 1 aromatic heterocycles. The van der Waals surface area contributed by atoms with Crippen LogP contribution in [0.25, 0.3) is 0 Å². The number of piperazine rings is 1. The van der Waals surface area contributed by atoms with Gasteiger partial charge in [0, 0.05) is 37.9 Å². The third-order valence-electron chi connectivity index (χ3n) is 4.53. The smallest absolute Gasteiger partial charge is 0.410 e. The van der Waals surface area contributed by atoms with Crippen molar-refractivity contribution in [2.45, 2.75) is 45.1 Å². The van der Waals surface area contributed by atoms with Gasteiger partial charge in [-0.3, -0.25) is 10.1 Å². The third-order valence-corrected chi connectivity index (χ3v) is 4.53. The number of carbonyl (C=O) groups excluding carboxylic acids is 1. The Morgan fingerprint density at radius 1 is 1.31 bits per heavy atom. The van der Waals surface area contributed by atoms with Crippen LogP contribution in [0.2, 0.25) is 0 Å². The van der Waals surface area contributed by atoms with Gasteiger partial charge in [-0.25, -0.2) is 9.78 Å². The minimum atomic E-state index is -0.550. The fourth-order valence-corrected chi connectivity index (χ4v) is 3.16. The molecule has 1 saturated heterocycles. The molecule has 1 amide bonds. The molecule has 0 spiro atoms. The fourth-order valence-electron chi connectivity index (χ4n) is 3.16.